The molecule has 0 aliphatic heterocycles. The maximum atomic E-state index is 12.4. The number of amides is 1. The van der Waals surface area contributed by atoms with Gasteiger partial charge in [0.15, 0.2) is 5.65 Å². The van der Waals surface area contributed by atoms with E-state index in [0.717, 1.165) is 59.6 Å². The molecule has 0 saturated heterocycles. The molecule has 214 valence electrons. The van der Waals surface area contributed by atoms with E-state index < -0.39 is 6.16 Å². The van der Waals surface area contributed by atoms with Gasteiger partial charge in [-0.25, -0.2) is 14.8 Å². The Labute approximate surface area is 240 Å². The third kappa shape index (κ3) is 7.22. The lowest BCUT2D eigenvalue weighted by atomic mass is 9.95. The number of carbonyl (C=O) groups excluding carboxylic acids is 1. The second kappa shape index (κ2) is 13.3. The highest BCUT2D eigenvalue weighted by atomic mass is 16.7. The van der Waals surface area contributed by atoms with Crippen LogP contribution in [0.4, 0.5) is 10.6 Å². The number of para-hydroxylation sites is 1. The second-order valence-electron chi connectivity index (χ2n) is 10.5. The molecule has 3 N–H and O–H groups in total. The molecule has 9 nitrogen and oxygen atoms in total. The largest absolute Gasteiger partial charge is 0.511 e. The molecule has 0 unspecified atom stereocenters. The van der Waals surface area contributed by atoms with E-state index in [2.05, 4.69) is 22.1 Å². The van der Waals surface area contributed by atoms with Crippen molar-refractivity contribution in [3.05, 3.63) is 72.1 Å². The van der Waals surface area contributed by atoms with Gasteiger partial charge < -0.3 is 25.0 Å². The summed E-state index contributed by atoms with van der Waals surface area (Å²) < 4.78 is 7.11. The highest BCUT2D eigenvalue weighted by Crippen LogP contribution is 2.30. The van der Waals surface area contributed by atoms with Gasteiger partial charge in [-0.2, -0.15) is 0 Å². The van der Waals surface area contributed by atoms with Gasteiger partial charge in [0.25, 0.3) is 0 Å². The molecule has 1 aliphatic carbocycles. The number of nitrogens with one attached hydrogen (secondary N) is 2. The first-order chi connectivity index (χ1) is 20.0. The number of pyridine rings is 1. The quantitative estimate of drug-likeness (QED) is 0.145. The van der Waals surface area contributed by atoms with Gasteiger partial charge in [0.2, 0.25) is 5.91 Å². The van der Waals surface area contributed by atoms with E-state index in [9.17, 15) is 9.59 Å². The molecule has 4 aromatic rings. The number of carbonyl (C=O) groups is 2. The molecule has 5 rings (SSSR count). The first-order valence-corrected chi connectivity index (χ1v) is 14.5. The molecule has 0 radical (unpaired) electrons. The lowest BCUT2D eigenvalue weighted by Gasteiger charge is -2.22. The van der Waals surface area contributed by atoms with Crippen LogP contribution in [0.25, 0.3) is 22.3 Å². The Kier molecular flexibility index (Phi) is 9.13. The number of carboxylic acid groups (broad SMARTS) is 1. The predicted molar refractivity (Wildman–Crippen MR) is 159 cm³/mol. The molecular weight excluding hydrogens is 518 g/mol. The first kappa shape index (κ1) is 28.1. The van der Waals surface area contributed by atoms with Gasteiger partial charge in [0.05, 0.1) is 6.54 Å². The highest BCUT2D eigenvalue weighted by Gasteiger charge is 2.16. The molecule has 0 spiro atoms. The Bertz CT molecular complexity index is 1490. The third-order valence-electron chi connectivity index (χ3n) is 7.46. The zero-order valence-electron chi connectivity index (χ0n) is 23.4. The monoisotopic (exact) mass is 555 g/mol. The van der Waals surface area contributed by atoms with Crippen LogP contribution in [0.1, 0.15) is 63.3 Å². The molecule has 1 fully saturated rings. The van der Waals surface area contributed by atoms with Crippen molar-refractivity contribution in [3.8, 4) is 16.9 Å². The van der Waals surface area contributed by atoms with E-state index >= 15 is 0 Å². The number of benzene rings is 2. The minimum atomic E-state index is -1.34. The molecule has 2 aromatic heterocycles. The second-order valence-corrected chi connectivity index (χ2v) is 10.5. The third-order valence-corrected chi connectivity index (χ3v) is 7.46. The Morgan fingerprint density at radius 3 is 2.54 bits per heavy atom. The predicted octanol–water partition coefficient (Wildman–Crippen LogP) is 6.41. The lowest BCUT2D eigenvalue weighted by molar-refractivity contribution is -0.121. The van der Waals surface area contributed by atoms with Crippen LogP contribution in [0.3, 0.4) is 0 Å². The van der Waals surface area contributed by atoms with E-state index in [1.807, 2.05) is 48.5 Å². The van der Waals surface area contributed by atoms with Crippen molar-refractivity contribution in [1.82, 2.24) is 19.9 Å². The Balaban J connectivity index is 1.29. The molecule has 41 heavy (non-hydrogen) atoms. The summed E-state index contributed by atoms with van der Waals surface area (Å²) in [6.07, 6.45) is 6.68. The van der Waals surface area contributed by atoms with Crippen molar-refractivity contribution >= 4 is 29.0 Å². The van der Waals surface area contributed by atoms with Crippen LogP contribution in [0.15, 0.2) is 60.7 Å². The van der Waals surface area contributed by atoms with Crippen LogP contribution in [-0.4, -0.2) is 44.3 Å². The van der Waals surface area contributed by atoms with Crippen LogP contribution in [0, 0.1) is 0 Å². The zero-order chi connectivity index (χ0) is 28.6. The van der Waals surface area contributed by atoms with Crippen LogP contribution in [0.2, 0.25) is 0 Å². The number of aryl methyl sites for hydroxylation is 1. The van der Waals surface area contributed by atoms with Crippen LogP contribution >= 0.6 is 0 Å². The SMILES string of the molecule is CCCc1nc2ccc(NCCC(=O)NC3CCCCC3)nc2n1Cc1ccc(-c2ccccc2OC(=O)O)cc1. The summed E-state index contributed by atoms with van der Waals surface area (Å²) in [5.41, 5.74) is 4.29. The summed E-state index contributed by atoms with van der Waals surface area (Å²) in [7, 11) is 0. The van der Waals surface area contributed by atoms with E-state index in [0.29, 0.717) is 36.9 Å². The number of ether oxygens (including phenoxy) is 1. The molecule has 1 amide bonds. The number of anilines is 1. The molecule has 0 atom stereocenters. The van der Waals surface area contributed by atoms with Crippen molar-refractivity contribution in [2.45, 2.75) is 70.9 Å². The van der Waals surface area contributed by atoms with Gasteiger partial charge in [-0.3, -0.25) is 4.79 Å². The molecule has 0 bridgehead atoms. The van der Waals surface area contributed by atoms with E-state index in [1.54, 1.807) is 12.1 Å². The average Bonchev–Trinajstić information content (AvgIpc) is 3.30. The van der Waals surface area contributed by atoms with E-state index in [-0.39, 0.29) is 5.91 Å². The fourth-order valence-electron chi connectivity index (χ4n) is 5.44. The summed E-state index contributed by atoms with van der Waals surface area (Å²) in [6.45, 7) is 3.25. The van der Waals surface area contributed by atoms with Crippen LogP contribution in [0.5, 0.6) is 5.75 Å². The Morgan fingerprint density at radius 2 is 1.78 bits per heavy atom. The minimum absolute atomic E-state index is 0.0846. The van der Waals surface area contributed by atoms with E-state index in [1.165, 1.54) is 19.3 Å². The fourth-order valence-corrected chi connectivity index (χ4v) is 5.44. The number of aromatic nitrogens is 3. The normalized spacial score (nSPS) is 13.7. The topological polar surface area (TPSA) is 118 Å². The van der Waals surface area contributed by atoms with Gasteiger partial charge in [-0.15, -0.1) is 0 Å². The molecule has 2 aromatic carbocycles. The maximum Gasteiger partial charge on any atom is 0.511 e. The van der Waals surface area contributed by atoms with Gasteiger partial charge in [-0.1, -0.05) is 68.7 Å². The maximum absolute atomic E-state index is 12.4. The average molecular weight is 556 g/mol. The zero-order valence-corrected chi connectivity index (χ0v) is 23.4. The van der Waals surface area contributed by atoms with Gasteiger partial charge in [0, 0.05) is 31.0 Å². The van der Waals surface area contributed by atoms with Crippen molar-refractivity contribution in [2.24, 2.45) is 0 Å². The Morgan fingerprint density at radius 1 is 1.00 bits per heavy atom. The fraction of sp³-hybridized carbons (Fsp3) is 0.375. The van der Waals surface area contributed by atoms with Gasteiger partial charge in [-0.05, 0) is 48.6 Å². The van der Waals surface area contributed by atoms with Crippen LogP contribution < -0.4 is 15.4 Å². The summed E-state index contributed by atoms with van der Waals surface area (Å²) in [6, 6.07) is 19.3. The number of rotatable bonds is 11. The van der Waals surface area contributed by atoms with Crippen molar-refractivity contribution in [2.75, 3.05) is 11.9 Å². The van der Waals surface area contributed by atoms with E-state index in [4.69, 9.17) is 19.8 Å². The lowest BCUT2D eigenvalue weighted by Crippen LogP contribution is -2.36. The molecule has 9 heteroatoms. The van der Waals surface area contributed by atoms with Crippen LogP contribution in [-0.2, 0) is 17.8 Å². The number of hydrogen-bond acceptors (Lipinski definition) is 6. The minimum Gasteiger partial charge on any atom is -0.449 e. The molecular formula is C32H37N5O4. The van der Waals surface area contributed by atoms with Crippen molar-refractivity contribution < 1.29 is 19.4 Å². The summed E-state index contributed by atoms with van der Waals surface area (Å²) in [5, 5.41) is 15.6. The molecule has 2 heterocycles. The van der Waals surface area contributed by atoms with Gasteiger partial charge >= 0.3 is 6.16 Å². The standard InChI is InChI=1S/C32H37N5O4/c1-2-8-29-35-26-17-18-28(33-20-19-30(38)34-24-9-4-3-5-10-24)36-31(26)37(29)21-22-13-15-23(16-14-22)25-11-6-7-12-27(25)41-32(39)40/h6-7,11-18,24H,2-5,8-10,19-21H2,1H3,(H,33,36)(H,34,38)(H,39,40). The first-order valence-electron chi connectivity index (χ1n) is 14.5. The molecule has 1 aliphatic rings. The summed E-state index contributed by atoms with van der Waals surface area (Å²) >= 11 is 0. The number of nitrogens with zero attached hydrogens (tertiary/aromatic N) is 3. The van der Waals surface area contributed by atoms with Gasteiger partial charge in [0.1, 0.15) is 22.9 Å². The number of imidazole rings is 1. The summed E-state index contributed by atoms with van der Waals surface area (Å²) in [5.74, 6) is 2.08. The highest BCUT2D eigenvalue weighted by molar-refractivity contribution is 5.77. The smallest absolute Gasteiger partial charge is 0.449 e. The van der Waals surface area contributed by atoms with Crippen molar-refractivity contribution in [3.63, 3.8) is 0 Å². The Hall–Kier alpha value is -4.40. The number of hydrogen-bond donors (Lipinski definition) is 3. The van der Waals surface area contributed by atoms with Crippen molar-refractivity contribution in [1.29, 1.82) is 0 Å². The number of fused-ring (bicyclic) bond motifs is 1. The summed E-state index contributed by atoms with van der Waals surface area (Å²) in [4.78, 5) is 33.2. The molecule has 1 saturated carbocycles.